The molecule has 1 aromatic rings. The van der Waals surface area contributed by atoms with Crippen molar-refractivity contribution in [1.29, 1.82) is 0 Å². The summed E-state index contributed by atoms with van der Waals surface area (Å²) >= 11 is 0. The number of hydrogen-bond acceptors (Lipinski definition) is 3. The van der Waals surface area contributed by atoms with E-state index in [-0.39, 0.29) is 30.6 Å². The number of nitrogens with zero attached hydrogens (tertiary/aromatic N) is 1. The van der Waals surface area contributed by atoms with Crippen molar-refractivity contribution in [2.75, 3.05) is 14.1 Å². The van der Waals surface area contributed by atoms with Crippen LogP contribution in [0.1, 0.15) is 31.2 Å². The van der Waals surface area contributed by atoms with Crippen LogP contribution in [0.2, 0.25) is 0 Å². The molecule has 0 bridgehead atoms. The monoisotopic (exact) mass is 304 g/mol. The average Bonchev–Trinajstić information content (AvgIpc) is 2.54. The Morgan fingerprint density at radius 1 is 1.14 bits per heavy atom. The number of hydrogen-bond donors (Lipinski definition) is 1. The van der Waals surface area contributed by atoms with Crippen LogP contribution in [-0.4, -0.2) is 37.0 Å². The molecule has 2 amide bonds. The van der Waals surface area contributed by atoms with Crippen molar-refractivity contribution < 1.29 is 14.3 Å². The lowest BCUT2D eigenvalue weighted by Crippen LogP contribution is -2.40. The highest BCUT2D eigenvalue weighted by molar-refractivity contribution is 5.78. The van der Waals surface area contributed by atoms with Crippen molar-refractivity contribution in [1.82, 2.24) is 10.2 Å². The zero-order chi connectivity index (χ0) is 15.9. The number of rotatable bonds is 4. The summed E-state index contributed by atoms with van der Waals surface area (Å²) in [6, 6.07) is 9.71. The molecule has 1 aliphatic carbocycles. The molecule has 0 aliphatic heterocycles. The van der Waals surface area contributed by atoms with Gasteiger partial charge in [-0.15, -0.1) is 0 Å². The van der Waals surface area contributed by atoms with Crippen LogP contribution in [0.25, 0.3) is 0 Å². The number of amides is 2. The number of carbonyl (C=O) groups excluding carboxylic acids is 2. The molecule has 1 saturated carbocycles. The van der Waals surface area contributed by atoms with E-state index in [0.29, 0.717) is 0 Å². The van der Waals surface area contributed by atoms with Crippen LogP contribution in [0.4, 0.5) is 4.79 Å². The molecule has 1 aliphatic rings. The quantitative estimate of drug-likeness (QED) is 0.930. The second-order valence-corrected chi connectivity index (χ2v) is 5.99. The first-order valence-corrected chi connectivity index (χ1v) is 7.74. The summed E-state index contributed by atoms with van der Waals surface area (Å²) in [5.41, 5.74) is 0.970. The summed E-state index contributed by atoms with van der Waals surface area (Å²) in [6.07, 6.45) is 2.91. The minimum absolute atomic E-state index is 0.0911. The predicted octanol–water partition coefficient (Wildman–Crippen LogP) is 2.56. The molecule has 0 unspecified atom stereocenters. The van der Waals surface area contributed by atoms with Crippen molar-refractivity contribution in [2.45, 2.75) is 38.3 Å². The Labute approximate surface area is 131 Å². The Morgan fingerprint density at radius 3 is 2.36 bits per heavy atom. The van der Waals surface area contributed by atoms with E-state index in [1.165, 1.54) is 0 Å². The van der Waals surface area contributed by atoms with Crippen molar-refractivity contribution >= 4 is 12.0 Å². The van der Waals surface area contributed by atoms with E-state index in [2.05, 4.69) is 5.32 Å². The molecule has 1 fully saturated rings. The van der Waals surface area contributed by atoms with Crippen LogP contribution >= 0.6 is 0 Å². The van der Waals surface area contributed by atoms with Crippen LogP contribution in [0.5, 0.6) is 0 Å². The van der Waals surface area contributed by atoms with Gasteiger partial charge in [-0.25, -0.2) is 4.79 Å². The van der Waals surface area contributed by atoms with E-state index in [4.69, 9.17) is 4.74 Å². The highest BCUT2D eigenvalue weighted by Crippen LogP contribution is 2.25. The maximum atomic E-state index is 11.9. The fourth-order valence-corrected chi connectivity index (χ4v) is 2.78. The molecule has 5 heteroatoms. The molecule has 5 nitrogen and oxygen atoms in total. The summed E-state index contributed by atoms with van der Waals surface area (Å²) in [7, 11) is 3.57. The number of carbonyl (C=O) groups is 2. The van der Waals surface area contributed by atoms with Crippen LogP contribution in [0, 0.1) is 5.92 Å². The first-order valence-electron chi connectivity index (χ1n) is 7.74. The molecule has 1 aromatic carbocycles. The Kier molecular flexibility index (Phi) is 5.81. The smallest absolute Gasteiger partial charge is 0.407 e. The average molecular weight is 304 g/mol. The zero-order valence-corrected chi connectivity index (χ0v) is 13.2. The van der Waals surface area contributed by atoms with Crippen molar-refractivity contribution in [3.05, 3.63) is 35.9 Å². The standard InChI is InChI=1S/C17H24N2O3/c1-19(2)16(20)14-8-10-15(11-9-14)18-17(21)22-12-13-6-4-3-5-7-13/h3-7,14-15H,8-12H2,1-2H3,(H,18,21). The maximum Gasteiger partial charge on any atom is 0.407 e. The summed E-state index contributed by atoms with van der Waals surface area (Å²) in [6.45, 7) is 0.279. The lowest BCUT2D eigenvalue weighted by Gasteiger charge is -2.29. The third-order valence-electron chi connectivity index (χ3n) is 4.05. The van der Waals surface area contributed by atoms with Gasteiger partial charge in [0.05, 0.1) is 0 Å². The molecule has 0 aromatic heterocycles. The lowest BCUT2D eigenvalue weighted by molar-refractivity contribution is -0.134. The summed E-state index contributed by atoms with van der Waals surface area (Å²) in [4.78, 5) is 25.3. The molecule has 0 heterocycles. The fraction of sp³-hybridized carbons (Fsp3) is 0.529. The Balaban J connectivity index is 1.69. The van der Waals surface area contributed by atoms with E-state index < -0.39 is 0 Å². The van der Waals surface area contributed by atoms with Crippen LogP contribution in [-0.2, 0) is 16.1 Å². The first-order chi connectivity index (χ1) is 10.6. The van der Waals surface area contributed by atoms with Gasteiger partial charge >= 0.3 is 6.09 Å². The minimum atomic E-state index is -0.383. The van der Waals surface area contributed by atoms with E-state index in [9.17, 15) is 9.59 Å². The maximum absolute atomic E-state index is 11.9. The molecule has 1 N–H and O–H groups in total. The first kappa shape index (κ1) is 16.3. The van der Waals surface area contributed by atoms with Crippen molar-refractivity contribution in [3.8, 4) is 0 Å². The van der Waals surface area contributed by atoms with Crippen LogP contribution < -0.4 is 5.32 Å². The number of nitrogens with one attached hydrogen (secondary N) is 1. The largest absolute Gasteiger partial charge is 0.445 e. The third-order valence-corrected chi connectivity index (χ3v) is 4.05. The van der Waals surface area contributed by atoms with Gasteiger partial charge in [-0.3, -0.25) is 4.79 Å². The Bertz CT molecular complexity index is 494. The molecule has 120 valence electrons. The summed E-state index contributed by atoms with van der Waals surface area (Å²) in [5.74, 6) is 0.276. The number of ether oxygens (including phenoxy) is 1. The van der Waals surface area contributed by atoms with Crippen LogP contribution in [0.15, 0.2) is 30.3 Å². The van der Waals surface area contributed by atoms with Crippen LogP contribution in [0.3, 0.4) is 0 Å². The topological polar surface area (TPSA) is 58.6 Å². The minimum Gasteiger partial charge on any atom is -0.445 e. The Hall–Kier alpha value is -2.04. The molecular weight excluding hydrogens is 280 g/mol. The zero-order valence-electron chi connectivity index (χ0n) is 13.2. The van der Waals surface area contributed by atoms with Gasteiger partial charge < -0.3 is 15.0 Å². The molecular formula is C17H24N2O3. The summed E-state index contributed by atoms with van der Waals surface area (Å²) < 4.78 is 5.22. The second kappa shape index (κ2) is 7.82. The Morgan fingerprint density at radius 2 is 1.77 bits per heavy atom. The number of alkyl carbamates (subject to hydrolysis) is 1. The van der Waals surface area contributed by atoms with E-state index in [0.717, 1.165) is 31.2 Å². The van der Waals surface area contributed by atoms with Gasteiger partial charge in [0.15, 0.2) is 0 Å². The molecule has 0 saturated heterocycles. The predicted molar refractivity (Wildman–Crippen MR) is 84.2 cm³/mol. The van der Waals surface area contributed by atoms with Gasteiger partial charge in [-0.2, -0.15) is 0 Å². The van der Waals surface area contributed by atoms with Gasteiger partial charge in [0, 0.05) is 26.1 Å². The van der Waals surface area contributed by atoms with Gasteiger partial charge in [0.25, 0.3) is 0 Å². The highest BCUT2D eigenvalue weighted by atomic mass is 16.5. The van der Waals surface area contributed by atoms with Gasteiger partial charge in [0.2, 0.25) is 5.91 Å². The molecule has 0 radical (unpaired) electrons. The van der Waals surface area contributed by atoms with Crippen molar-refractivity contribution in [3.63, 3.8) is 0 Å². The number of benzene rings is 1. The normalized spacial score (nSPS) is 21.0. The second-order valence-electron chi connectivity index (χ2n) is 5.99. The fourth-order valence-electron chi connectivity index (χ4n) is 2.78. The lowest BCUT2D eigenvalue weighted by atomic mass is 9.85. The van der Waals surface area contributed by atoms with Gasteiger partial charge in [-0.1, -0.05) is 30.3 Å². The molecule has 0 spiro atoms. The van der Waals surface area contributed by atoms with Gasteiger partial charge in [-0.05, 0) is 31.2 Å². The third kappa shape index (κ3) is 4.76. The SMILES string of the molecule is CN(C)C(=O)C1CCC(NC(=O)OCc2ccccc2)CC1. The van der Waals surface area contributed by atoms with Gasteiger partial charge in [0.1, 0.15) is 6.61 Å². The molecule has 2 rings (SSSR count). The van der Waals surface area contributed by atoms with Crippen molar-refractivity contribution in [2.24, 2.45) is 5.92 Å². The highest BCUT2D eigenvalue weighted by Gasteiger charge is 2.28. The van der Waals surface area contributed by atoms with E-state index in [1.807, 2.05) is 30.3 Å². The summed E-state index contributed by atoms with van der Waals surface area (Å²) in [5, 5.41) is 2.89. The molecule has 0 atom stereocenters. The van der Waals surface area contributed by atoms with E-state index in [1.54, 1.807) is 19.0 Å². The molecule has 22 heavy (non-hydrogen) atoms. The van der Waals surface area contributed by atoms with E-state index >= 15 is 0 Å².